The van der Waals surface area contributed by atoms with E-state index >= 15 is 0 Å². The molecule has 3 aromatic rings. The number of rotatable bonds is 3. The van der Waals surface area contributed by atoms with E-state index in [0.717, 1.165) is 6.07 Å². The summed E-state index contributed by atoms with van der Waals surface area (Å²) < 4.78 is 14.3. The van der Waals surface area contributed by atoms with E-state index in [0.29, 0.717) is 16.7 Å². The molecule has 24 heavy (non-hydrogen) atoms. The van der Waals surface area contributed by atoms with Gasteiger partial charge in [-0.05, 0) is 37.3 Å². The summed E-state index contributed by atoms with van der Waals surface area (Å²) in [6.07, 6.45) is 0. The van der Waals surface area contributed by atoms with Crippen LogP contribution in [0.25, 0.3) is 10.9 Å². The summed E-state index contributed by atoms with van der Waals surface area (Å²) in [5.74, 6) is -0.520. The number of nitrogens with zero attached hydrogens (tertiary/aromatic N) is 2. The first-order valence-corrected chi connectivity index (χ1v) is 7.54. The molecule has 0 radical (unpaired) electrons. The molecule has 0 aliphatic heterocycles. The Kier molecular flexibility index (Phi) is 4.31. The number of fused-ring (bicyclic) bond motifs is 1. The Balaban J connectivity index is 1.89. The fraction of sp³-hybridized carbons (Fsp3) is 0.118. The summed E-state index contributed by atoms with van der Waals surface area (Å²) in [5, 5.41) is 3.09. The van der Waals surface area contributed by atoms with Crippen molar-refractivity contribution in [1.82, 2.24) is 9.55 Å². The molecule has 0 spiro atoms. The fourth-order valence-corrected chi connectivity index (χ4v) is 2.60. The molecule has 5 nitrogen and oxygen atoms in total. The molecule has 1 N–H and O–H groups in total. The molecule has 0 atom stereocenters. The number of carbonyl (C=O) groups excluding carboxylic acids is 1. The molecule has 1 heterocycles. The van der Waals surface area contributed by atoms with Gasteiger partial charge in [-0.2, -0.15) is 0 Å². The summed E-state index contributed by atoms with van der Waals surface area (Å²) in [7, 11) is 0. The highest BCUT2D eigenvalue weighted by molar-refractivity contribution is 6.33. The quantitative estimate of drug-likeness (QED) is 0.793. The largest absolute Gasteiger partial charge is 0.323 e. The molecular weight excluding hydrogens is 333 g/mol. The van der Waals surface area contributed by atoms with Crippen LogP contribution in [-0.4, -0.2) is 15.5 Å². The maximum Gasteiger partial charge on any atom is 0.261 e. The minimum absolute atomic E-state index is 0.0871. The summed E-state index contributed by atoms with van der Waals surface area (Å²) in [6, 6.07) is 10.6. The van der Waals surface area contributed by atoms with Gasteiger partial charge < -0.3 is 5.32 Å². The Morgan fingerprint density at radius 3 is 2.79 bits per heavy atom. The van der Waals surface area contributed by atoms with Crippen molar-refractivity contribution in [2.45, 2.75) is 13.5 Å². The van der Waals surface area contributed by atoms with E-state index in [1.54, 1.807) is 31.2 Å². The van der Waals surface area contributed by atoms with Gasteiger partial charge in [0.15, 0.2) is 0 Å². The average Bonchev–Trinajstić information content (AvgIpc) is 2.54. The lowest BCUT2D eigenvalue weighted by Gasteiger charge is -2.12. The number of amides is 1. The third-order valence-electron chi connectivity index (χ3n) is 3.56. The predicted octanol–water partition coefficient (Wildman–Crippen LogP) is 3.14. The molecule has 2 aromatic carbocycles. The standard InChI is InChI=1S/C17H13ClFN3O2/c1-10-20-14-5-3-2-4-12(14)17(24)22(10)9-16(23)21-15-7-6-11(19)8-13(15)18/h2-8H,9H2,1H3,(H,21,23). The molecule has 7 heteroatoms. The summed E-state index contributed by atoms with van der Waals surface area (Å²) in [4.78, 5) is 29.1. The van der Waals surface area contributed by atoms with Crippen LogP contribution in [0.15, 0.2) is 47.3 Å². The van der Waals surface area contributed by atoms with Crippen LogP contribution >= 0.6 is 11.6 Å². The molecule has 0 saturated carbocycles. The highest BCUT2D eigenvalue weighted by atomic mass is 35.5. The maximum atomic E-state index is 13.0. The first kappa shape index (κ1) is 16.1. The van der Waals surface area contributed by atoms with E-state index in [-0.39, 0.29) is 22.8 Å². The fourth-order valence-electron chi connectivity index (χ4n) is 2.39. The van der Waals surface area contributed by atoms with E-state index in [2.05, 4.69) is 10.3 Å². The van der Waals surface area contributed by atoms with E-state index in [4.69, 9.17) is 11.6 Å². The van der Waals surface area contributed by atoms with Crippen molar-refractivity contribution in [3.8, 4) is 0 Å². The Bertz CT molecular complexity index is 1000. The number of aryl methyl sites for hydroxylation is 1. The Morgan fingerprint density at radius 1 is 1.29 bits per heavy atom. The second-order valence-electron chi connectivity index (χ2n) is 5.24. The van der Waals surface area contributed by atoms with Crippen LogP contribution in [0.5, 0.6) is 0 Å². The summed E-state index contributed by atoms with van der Waals surface area (Å²) in [5.41, 5.74) is 0.569. The van der Waals surface area contributed by atoms with E-state index in [1.165, 1.54) is 16.7 Å². The molecule has 1 aromatic heterocycles. The van der Waals surface area contributed by atoms with Crippen molar-refractivity contribution in [3.05, 3.63) is 69.5 Å². The van der Waals surface area contributed by atoms with E-state index in [1.807, 2.05) is 0 Å². The molecule has 0 aliphatic rings. The molecule has 122 valence electrons. The second-order valence-corrected chi connectivity index (χ2v) is 5.65. The highest BCUT2D eigenvalue weighted by Gasteiger charge is 2.12. The van der Waals surface area contributed by atoms with Gasteiger partial charge in [-0.15, -0.1) is 0 Å². The smallest absolute Gasteiger partial charge is 0.261 e. The van der Waals surface area contributed by atoms with Crippen molar-refractivity contribution in [2.75, 3.05) is 5.32 Å². The number of benzene rings is 2. The second kappa shape index (κ2) is 6.41. The topological polar surface area (TPSA) is 64.0 Å². The van der Waals surface area contributed by atoms with E-state index < -0.39 is 11.7 Å². The number of hydrogen-bond acceptors (Lipinski definition) is 3. The summed E-state index contributed by atoms with van der Waals surface area (Å²) in [6.45, 7) is 1.45. The molecule has 0 fully saturated rings. The predicted molar refractivity (Wildman–Crippen MR) is 90.8 cm³/mol. The van der Waals surface area contributed by atoms with Crippen molar-refractivity contribution >= 4 is 34.1 Å². The minimum Gasteiger partial charge on any atom is -0.323 e. The maximum absolute atomic E-state index is 13.0. The number of halogens is 2. The number of aromatic nitrogens is 2. The molecular formula is C17H13ClFN3O2. The zero-order chi connectivity index (χ0) is 17.3. The molecule has 3 rings (SSSR count). The van der Waals surface area contributed by atoms with Crippen LogP contribution in [-0.2, 0) is 11.3 Å². The molecule has 0 saturated heterocycles. The average molecular weight is 346 g/mol. The van der Waals surface area contributed by atoms with Gasteiger partial charge in [-0.25, -0.2) is 9.37 Å². The van der Waals surface area contributed by atoms with Gasteiger partial charge in [0.25, 0.3) is 5.56 Å². The number of para-hydroxylation sites is 1. The highest BCUT2D eigenvalue weighted by Crippen LogP contribution is 2.22. The Morgan fingerprint density at radius 2 is 2.04 bits per heavy atom. The SMILES string of the molecule is Cc1nc2ccccc2c(=O)n1CC(=O)Nc1ccc(F)cc1Cl. The third-order valence-corrected chi connectivity index (χ3v) is 3.87. The monoisotopic (exact) mass is 345 g/mol. The molecule has 0 unspecified atom stereocenters. The molecule has 0 bridgehead atoms. The number of nitrogens with one attached hydrogen (secondary N) is 1. The van der Waals surface area contributed by atoms with Gasteiger partial charge in [-0.3, -0.25) is 14.2 Å². The van der Waals surface area contributed by atoms with Crippen LogP contribution in [0.3, 0.4) is 0 Å². The third kappa shape index (κ3) is 3.14. The van der Waals surface area contributed by atoms with Gasteiger partial charge >= 0.3 is 0 Å². The van der Waals surface area contributed by atoms with Crippen LogP contribution in [0.4, 0.5) is 10.1 Å². The van der Waals surface area contributed by atoms with Crippen molar-refractivity contribution in [1.29, 1.82) is 0 Å². The van der Waals surface area contributed by atoms with Gasteiger partial charge in [-0.1, -0.05) is 23.7 Å². The molecule has 0 aliphatic carbocycles. The van der Waals surface area contributed by atoms with Gasteiger partial charge in [0.1, 0.15) is 18.2 Å². The number of hydrogen-bond donors (Lipinski definition) is 1. The number of carbonyl (C=O) groups is 1. The Labute approximate surface area is 141 Å². The number of anilines is 1. The van der Waals surface area contributed by atoms with Gasteiger partial charge in [0, 0.05) is 0 Å². The normalized spacial score (nSPS) is 10.8. The van der Waals surface area contributed by atoms with E-state index in [9.17, 15) is 14.0 Å². The zero-order valence-electron chi connectivity index (χ0n) is 12.7. The van der Waals surface area contributed by atoms with Crippen molar-refractivity contribution < 1.29 is 9.18 Å². The van der Waals surface area contributed by atoms with Crippen LogP contribution in [0.2, 0.25) is 5.02 Å². The zero-order valence-corrected chi connectivity index (χ0v) is 13.5. The summed E-state index contributed by atoms with van der Waals surface area (Å²) >= 11 is 5.88. The first-order chi connectivity index (χ1) is 11.5. The van der Waals surface area contributed by atoms with Crippen LogP contribution in [0.1, 0.15) is 5.82 Å². The Hall–Kier alpha value is -2.73. The lowest BCUT2D eigenvalue weighted by atomic mass is 10.2. The van der Waals surface area contributed by atoms with Crippen molar-refractivity contribution in [3.63, 3.8) is 0 Å². The van der Waals surface area contributed by atoms with Crippen LogP contribution in [0, 0.1) is 12.7 Å². The van der Waals surface area contributed by atoms with Gasteiger partial charge in [0.05, 0.1) is 21.6 Å². The van der Waals surface area contributed by atoms with Gasteiger partial charge in [0.2, 0.25) is 5.91 Å². The lowest BCUT2D eigenvalue weighted by molar-refractivity contribution is -0.116. The molecule has 1 amide bonds. The van der Waals surface area contributed by atoms with Crippen molar-refractivity contribution in [2.24, 2.45) is 0 Å². The minimum atomic E-state index is -0.496. The van der Waals surface area contributed by atoms with Crippen LogP contribution < -0.4 is 10.9 Å². The lowest BCUT2D eigenvalue weighted by Crippen LogP contribution is -2.30. The first-order valence-electron chi connectivity index (χ1n) is 7.17.